The molecule has 6 heteroatoms. The molecule has 0 amide bonds. The van der Waals surface area contributed by atoms with Gasteiger partial charge in [0.15, 0.2) is 5.82 Å². The highest BCUT2D eigenvalue weighted by atomic mass is 15.2. The van der Waals surface area contributed by atoms with Crippen LogP contribution in [0.15, 0.2) is 18.6 Å². The summed E-state index contributed by atoms with van der Waals surface area (Å²) in [6, 6.07) is 3.94. The molecule has 18 heavy (non-hydrogen) atoms. The van der Waals surface area contributed by atoms with Gasteiger partial charge in [-0.3, -0.25) is 0 Å². The maximum atomic E-state index is 9.14. The number of nitriles is 1. The fourth-order valence-corrected chi connectivity index (χ4v) is 1.47. The molecule has 2 heterocycles. The second-order valence-corrected chi connectivity index (χ2v) is 3.80. The summed E-state index contributed by atoms with van der Waals surface area (Å²) in [7, 11) is 0. The Morgan fingerprint density at radius 3 is 2.83 bits per heavy atom. The Labute approximate surface area is 105 Å². The average molecular weight is 240 g/mol. The third-order valence-corrected chi connectivity index (χ3v) is 2.65. The van der Waals surface area contributed by atoms with Gasteiger partial charge in [-0.15, -0.1) is 5.10 Å². The Balaban J connectivity index is 2.21. The van der Waals surface area contributed by atoms with Gasteiger partial charge >= 0.3 is 0 Å². The molecule has 0 aliphatic carbocycles. The van der Waals surface area contributed by atoms with E-state index in [4.69, 9.17) is 5.26 Å². The molecule has 0 fully saturated rings. The van der Waals surface area contributed by atoms with E-state index < -0.39 is 0 Å². The van der Waals surface area contributed by atoms with Gasteiger partial charge in [0.25, 0.3) is 0 Å². The summed E-state index contributed by atoms with van der Waals surface area (Å²) in [4.78, 5) is 7.93. The summed E-state index contributed by atoms with van der Waals surface area (Å²) < 4.78 is 0. The fraction of sp³-hybridized carbons (Fsp3) is 0.250. The minimum absolute atomic E-state index is 0.481. The van der Waals surface area contributed by atoms with Crippen LogP contribution in [0.5, 0.6) is 0 Å². The van der Waals surface area contributed by atoms with Crippen molar-refractivity contribution in [1.29, 1.82) is 5.26 Å². The molecule has 0 radical (unpaired) electrons. The average Bonchev–Trinajstić information content (AvgIpc) is 2.41. The molecule has 0 aliphatic heterocycles. The molecule has 2 rings (SSSR count). The number of nitrogens with zero attached hydrogens (tertiary/aromatic N) is 5. The zero-order valence-corrected chi connectivity index (χ0v) is 10.2. The number of nitrogens with one attached hydrogen (secondary N) is 1. The van der Waals surface area contributed by atoms with E-state index in [1.165, 1.54) is 6.33 Å². The number of hydrogen-bond donors (Lipinski definition) is 1. The molecule has 0 saturated carbocycles. The minimum atomic E-state index is 0.481. The van der Waals surface area contributed by atoms with Gasteiger partial charge in [0.1, 0.15) is 18.0 Å². The molecule has 6 nitrogen and oxygen atoms in total. The van der Waals surface area contributed by atoms with Crippen LogP contribution in [0.3, 0.4) is 0 Å². The van der Waals surface area contributed by atoms with Crippen molar-refractivity contribution in [2.45, 2.75) is 20.4 Å². The van der Waals surface area contributed by atoms with Gasteiger partial charge in [-0.2, -0.15) is 10.4 Å². The molecule has 0 spiro atoms. The Morgan fingerprint density at radius 1 is 1.33 bits per heavy atom. The fourth-order valence-electron chi connectivity index (χ4n) is 1.47. The summed E-state index contributed by atoms with van der Waals surface area (Å²) in [5.74, 6) is 0.485. The lowest BCUT2D eigenvalue weighted by molar-refractivity contribution is 0.927. The molecule has 0 aromatic carbocycles. The number of aryl methyl sites for hydroxylation is 1. The highest BCUT2D eigenvalue weighted by Crippen LogP contribution is 2.17. The molecule has 0 aliphatic rings. The van der Waals surface area contributed by atoms with Gasteiger partial charge in [0.05, 0.1) is 17.9 Å². The third kappa shape index (κ3) is 2.40. The van der Waals surface area contributed by atoms with Crippen LogP contribution < -0.4 is 5.32 Å². The van der Waals surface area contributed by atoms with Crippen molar-refractivity contribution in [2.24, 2.45) is 0 Å². The highest BCUT2D eigenvalue weighted by molar-refractivity contribution is 5.55. The van der Waals surface area contributed by atoms with Crippen LogP contribution in [0, 0.1) is 25.2 Å². The predicted molar refractivity (Wildman–Crippen MR) is 65.6 cm³/mol. The van der Waals surface area contributed by atoms with E-state index in [1.807, 2.05) is 13.8 Å². The molecule has 90 valence electrons. The first-order valence-electron chi connectivity index (χ1n) is 5.45. The van der Waals surface area contributed by atoms with Crippen LogP contribution in [-0.2, 0) is 6.54 Å². The second kappa shape index (κ2) is 5.19. The zero-order chi connectivity index (χ0) is 13.0. The van der Waals surface area contributed by atoms with Gasteiger partial charge in [-0.25, -0.2) is 9.97 Å². The van der Waals surface area contributed by atoms with Gasteiger partial charge in [-0.1, -0.05) is 0 Å². The van der Waals surface area contributed by atoms with Gasteiger partial charge in [-0.05, 0) is 25.5 Å². The standard InChI is InChI=1S/C12H12N6/c1-8-9(2)17-18-12(11(8)5-13)15-6-10-3-4-14-7-16-10/h3-4,7H,6H2,1-2H3,(H,15,18). The van der Waals surface area contributed by atoms with E-state index >= 15 is 0 Å². The second-order valence-electron chi connectivity index (χ2n) is 3.80. The van der Waals surface area contributed by atoms with Crippen LogP contribution in [-0.4, -0.2) is 20.2 Å². The van der Waals surface area contributed by atoms with E-state index in [0.717, 1.165) is 17.0 Å². The maximum absolute atomic E-state index is 9.14. The SMILES string of the molecule is Cc1nnc(NCc2ccncn2)c(C#N)c1C. The lowest BCUT2D eigenvalue weighted by Gasteiger charge is -2.08. The third-order valence-electron chi connectivity index (χ3n) is 2.65. The van der Waals surface area contributed by atoms with Crippen molar-refractivity contribution >= 4 is 5.82 Å². The van der Waals surface area contributed by atoms with Crippen LogP contribution in [0.2, 0.25) is 0 Å². The predicted octanol–water partition coefficient (Wildman–Crippen LogP) is 1.37. The molecule has 2 aromatic rings. The van der Waals surface area contributed by atoms with Crippen LogP contribution in [0.1, 0.15) is 22.5 Å². The van der Waals surface area contributed by atoms with Crippen LogP contribution >= 0.6 is 0 Å². The van der Waals surface area contributed by atoms with Crippen LogP contribution in [0.4, 0.5) is 5.82 Å². The molecule has 2 aromatic heterocycles. The van der Waals surface area contributed by atoms with Gasteiger partial charge < -0.3 is 5.32 Å². The first-order valence-corrected chi connectivity index (χ1v) is 5.45. The zero-order valence-electron chi connectivity index (χ0n) is 10.2. The first kappa shape index (κ1) is 11.9. The molecule has 1 N–H and O–H groups in total. The lowest BCUT2D eigenvalue weighted by atomic mass is 10.1. The van der Waals surface area contributed by atoms with E-state index in [9.17, 15) is 0 Å². The van der Waals surface area contributed by atoms with Crippen molar-refractivity contribution in [3.63, 3.8) is 0 Å². The maximum Gasteiger partial charge on any atom is 0.167 e. The lowest BCUT2D eigenvalue weighted by Crippen LogP contribution is -2.08. The van der Waals surface area contributed by atoms with Crippen molar-refractivity contribution in [2.75, 3.05) is 5.32 Å². The number of rotatable bonds is 3. The number of hydrogen-bond acceptors (Lipinski definition) is 6. The summed E-state index contributed by atoms with van der Waals surface area (Å²) in [5, 5.41) is 20.2. The quantitative estimate of drug-likeness (QED) is 0.871. The van der Waals surface area contributed by atoms with Crippen LogP contribution in [0.25, 0.3) is 0 Å². The molecular weight excluding hydrogens is 228 g/mol. The van der Waals surface area contributed by atoms with Crippen molar-refractivity contribution < 1.29 is 0 Å². The molecule has 0 atom stereocenters. The van der Waals surface area contributed by atoms with Gasteiger partial charge in [0.2, 0.25) is 0 Å². The number of anilines is 1. The van der Waals surface area contributed by atoms with E-state index in [-0.39, 0.29) is 0 Å². The molecule has 0 bridgehead atoms. The van der Waals surface area contributed by atoms with E-state index in [2.05, 4.69) is 31.6 Å². The van der Waals surface area contributed by atoms with Crippen molar-refractivity contribution in [1.82, 2.24) is 20.2 Å². The molecule has 0 unspecified atom stereocenters. The topological polar surface area (TPSA) is 87.4 Å². The minimum Gasteiger partial charge on any atom is -0.362 e. The number of aromatic nitrogens is 4. The van der Waals surface area contributed by atoms with E-state index in [1.54, 1.807) is 12.3 Å². The Bertz CT molecular complexity index is 588. The first-order chi connectivity index (χ1) is 8.72. The van der Waals surface area contributed by atoms with E-state index in [0.29, 0.717) is 17.9 Å². The normalized spacial score (nSPS) is 9.83. The highest BCUT2D eigenvalue weighted by Gasteiger charge is 2.10. The monoisotopic (exact) mass is 240 g/mol. The smallest absolute Gasteiger partial charge is 0.167 e. The summed E-state index contributed by atoms with van der Waals surface area (Å²) in [5.41, 5.74) is 2.96. The summed E-state index contributed by atoms with van der Waals surface area (Å²) >= 11 is 0. The molecular formula is C12H12N6. The largest absolute Gasteiger partial charge is 0.362 e. The van der Waals surface area contributed by atoms with Gasteiger partial charge in [0, 0.05) is 6.20 Å². The molecule has 0 saturated heterocycles. The Kier molecular flexibility index (Phi) is 3.44. The Hall–Kier alpha value is -2.55. The summed E-state index contributed by atoms with van der Waals surface area (Å²) in [6.45, 7) is 4.17. The Morgan fingerprint density at radius 2 is 2.17 bits per heavy atom. The van der Waals surface area contributed by atoms with Crippen molar-refractivity contribution in [3.8, 4) is 6.07 Å². The van der Waals surface area contributed by atoms with Crippen molar-refractivity contribution in [3.05, 3.63) is 41.1 Å². The summed E-state index contributed by atoms with van der Waals surface area (Å²) in [6.07, 6.45) is 3.15.